The number of hydrogen-bond acceptors (Lipinski definition) is 1. The first-order chi connectivity index (χ1) is 8.49. The monoisotopic (exact) mass is 341 g/mol. The van der Waals surface area contributed by atoms with Gasteiger partial charge >= 0.3 is 0 Å². The van der Waals surface area contributed by atoms with Gasteiger partial charge in [-0.15, -0.1) is 10.2 Å². The van der Waals surface area contributed by atoms with Crippen LogP contribution in [0.15, 0.2) is 10.2 Å². The molecule has 0 saturated heterocycles. The molecular formula is C14H36BNSi4. The summed E-state index contributed by atoms with van der Waals surface area (Å²) in [5, 5.41) is 3.86. The van der Waals surface area contributed by atoms with Crippen LogP contribution in [0.5, 0.6) is 0 Å². The third-order valence-corrected chi connectivity index (χ3v) is 16.1. The highest BCUT2D eigenvalue weighted by molar-refractivity contribution is 7.23. The van der Waals surface area contributed by atoms with E-state index in [-0.39, 0.29) is 0 Å². The first-order valence-corrected chi connectivity index (χ1v) is 21.9. The van der Waals surface area contributed by atoms with Gasteiger partial charge in [-0.3, -0.25) is 0 Å². The molecule has 0 amide bonds. The summed E-state index contributed by atoms with van der Waals surface area (Å²) in [5.41, 5.74) is 0. The van der Waals surface area contributed by atoms with Crippen LogP contribution in [0, 0.1) is 0 Å². The van der Waals surface area contributed by atoms with Gasteiger partial charge in [0.15, 0.2) is 0 Å². The van der Waals surface area contributed by atoms with E-state index >= 15 is 0 Å². The number of nitrogens with zero attached hydrogens (tertiary/aromatic N) is 1. The molecule has 0 fully saturated rings. The molecule has 0 radical (unpaired) electrons. The van der Waals surface area contributed by atoms with E-state index < -0.39 is 32.6 Å². The summed E-state index contributed by atoms with van der Waals surface area (Å²) in [6.07, 6.45) is 0. The van der Waals surface area contributed by atoms with E-state index in [0.29, 0.717) is 0 Å². The first-order valence-electron chi connectivity index (χ1n) is 8.03. The summed E-state index contributed by atoms with van der Waals surface area (Å²) >= 11 is 0. The molecule has 0 aliphatic carbocycles. The predicted octanol–water partition coefficient (Wildman–Crippen LogP) is 5.09. The van der Waals surface area contributed by atoms with Gasteiger partial charge in [0, 0.05) is 0 Å². The quantitative estimate of drug-likeness (QED) is 0.629. The molecule has 0 aromatic carbocycles. The van der Waals surface area contributed by atoms with Crippen LogP contribution in [-0.4, -0.2) is 43.6 Å². The lowest BCUT2D eigenvalue weighted by Crippen LogP contribution is -2.64. The van der Waals surface area contributed by atoms with Crippen LogP contribution in [0.2, 0.25) is 78.6 Å². The number of hydrogen-bond donors (Lipinski definition) is 0. The molecule has 0 unspecified atom stereocenters. The van der Waals surface area contributed by atoms with Crippen LogP contribution in [-0.2, 0) is 0 Å². The van der Waals surface area contributed by atoms with E-state index in [1.165, 1.54) is 0 Å². The molecule has 20 heavy (non-hydrogen) atoms. The summed E-state index contributed by atoms with van der Waals surface area (Å²) in [6, 6.07) is 0. The van der Waals surface area contributed by atoms with E-state index in [1.807, 2.05) is 10.2 Å². The van der Waals surface area contributed by atoms with Crippen molar-refractivity contribution in [2.75, 3.05) is 0 Å². The fourth-order valence-electron chi connectivity index (χ4n) is 3.88. The zero-order chi connectivity index (χ0) is 16.3. The maximum atomic E-state index is 3.06. The summed E-state index contributed by atoms with van der Waals surface area (Å²) in [6.45, 7) is 31.4. The third kappa shape index (κ3) is 3.88. The van der Waals surface area contributed by atoms with E-state index in [0.717, 1.165) is 6.85 Å². The summed E-state index contributed by atoms with van der Waals surface area (Å²) in [7, 11) is -4.86. The molecule has 1 rings (SSSR count). The molecule has 0 bridgehead atoms. The smallest absolute Gasteiger partial charge is 0.259 e. The van der Waals surface area contributed by atoms with E-state index in [1.54, 1.807) is 0 Å². The van der Waals surface area contributed by atoms with E-state index in [2.05, 4.69) is 82.7 Å². The SMILES string of the molecule is C[Si](C)(C)C1=C([Si](C)(C)C)B1N([Si](C)(C)C)[Si](C)(C)C. The molecule has 0 spiro atoms. The molecule has 0 aromatic heterocycles. The van der Waals surface area contributed by atoms with Crippen molar-refractivity contribution in [1.82, 2.24) is 4.14 Å². The van der Waals surface area contributed by atoms with Crippen LogP contribution in [0.1, 0.15) is 0 Å². The topological polar surface area (TPSA) is 3.24 Å². The van der Waals surface area contributed by atoms with Gasteiger partial charge in [-0.25, -0.2) is 0 Å². The maximum Gasteiger partial charge on any atom is 0.259 e. The minimum absolute atomic E-state index is 0.784. The lowest BCUT2D eigenvalue weighted by Gasteiger charge is -2.45. The van der Waals surface area contributed by atoms with E-state index in [4.69, 9.17) is 0 Å². The van der Waals surface area contributed by atoms with Crippen LogP contribution in [0.3, 0.4) is 0 Å². The van der Waals surface area contributed by atoms with Crippen molar-refractivity contribution < 1.29 is 0 Å². The van der Waals surface area contributed by atoms with Crippen LogP contribution in [0.25, 0.3) is 0 Å². The predicted molar refractivity (Wildman–Crippen MR) is 108 cm³/mol. The normalized spacial score (nSPS) is 18.1. The minimum Gasteiger partial charge on any atom is -0.381 e. The molecule has 1 nitrogen and oxygen atoms in total. The zero-order valence-corrected chi connectivity index (χ0v) is 20.0. The Kier molecular flexibility index (Phi) is 4.74. The van der Waals surface area contributed by atoms with Crippen molar-refractivity contribution in [3.8, 4) is 0 Å². The molecule has 0 aromatic rings. The van der Waals surface area contributed by atoms with Gasteiger partial charge in [0.05, 0.1) is 16.1 Å². The Hall–Kier alpha value is 0.632. The van der Waals surface area contributed by atoms with Gasteiger partial charge < -0.3 is 4.14 Å². The molecule has 0 atom stereocenters. The highest BCUT2D eigenvalue weighted by Gasteiger charge is 2.58. The Morgan fingerprint density at radius 3 is 0.950 bits per heavy atom. The van der Waals surface area contributed by atoms with Gasteiger partial charge in [0.25, 0.3) is 6.85 Å². The second kappa shape index (κ2) is 5.08. The van der Waals surface area contributed by atoms with Crippen molar-refractivity contribution in [3.63, 3.8) is 0 Å². The van der Waals surface area contributed by atoms with E-state index in [9.17, 15) is 0 Å². The molecule has 1 aliphatic heterocycles. The Morgan fingerprint density at radius 2 is 0.800 bits per heavy atom. The fourth-order valence-corrected chi connectivity index (χ4v) is 20.8. The molecular weight excluding hydrogens is 305 g/mol. The third-order valence-electron chi connectivity index (χ3n) is 4.07. The molecule has 0 N–H and O–H groups in total. The van der Waals surface area contributed by atoms with Crippen molar-refractivity contribution in [1.29, 1.82) is 0 Å². The molecule has 0 saturated carbocycles. The van der Waals surface area contributed by atoms with Crippen molar-refractivity contribution >= 4 is 39.5 Å². The lowest BCUT2D eigenvalue weighted by atomic mass is 9.85. The second-order valence-corrected chi connectivity index (χ2v) is 30.6. The molecule has 116 valence electrons. The van der Waals surface area contributed by atoms with Gasteiger partial charge in [-0.1, -0.05) is 78.6 Å². The van der Waals surface area contributed by atoms with Gasteiger partial charge in [0.1, 0.15) is 16.5 Å². The lowest BCUT2D eigenvalue weighted by molar-refractivity contribution is 0.951. The average Bonchev–Trinajstić information content (AvgIpc) is 2.69. The van der Waals surface area contributed by atoms with Crippen molar-refractivity contribution in [2.24, 2.45) is 0 Å². The summed E-state index contributed by atoms with van der Waals surface area (Å²) in [5.74, 6) is 0. The van der Waals surface area contributed by atoms with Crippen LogP contribution >= 0.6 is 0 Å². The zero-order valence-electron chi connectivity index (χ0n) is 16.0. The highest BCUT2D eigenvalue weighted by Crippen LogP contribution is 2.47. The first kappa shape index (κ1) is 18.7. The van der Waals surface area contributed by atoms with Crippen LogP contribution < -0.4 is 0 Å². The van der Waals surface area contributed by atoms with Gasteiger partial charge in [-0.05, 0) is 0 Å². The standard InChI is InChI=1S/C14H36BNSi4/c1-17(2,3)13-14(18(4,5)6)15(13)16(19(7,8)9)20(10,11)12/h1-12H3. The second-order valence-electron chi connectivity index (χ2n) is 10.4. The van der Waals surface area contributed by atoms with Crippen molar-refractivity contribution in [3.05, 3.63) is 10.2 Å². The Balaban J connectivity index is 3.28. The molecule has 1 heterocycles. The average molecular weight is 342 g/mol. The Morgan fingerprint density at radius 1 is 0.550 bits per heavy atom. The fraction of sp³-hybridized carbons (Fsp3) is 0.857. The maximum absolute atomic E-state index is 3.06. The Bertz CT molecular complexity index is 380. The van der Waals surface area contributed by atoms with Gasteiger partial charge in [0.2, 0.25) is 0 Å². The number of rotatable bonds is 5. The Labute approximate surface area is 132 Å². The molecule has 1 aliphatic rings. The summed E-state index contributed by atoms with van der Waals surface area (Å²) < 4.78 is 3.06. The molecule has 6 heteroatoms. The van der Waals surface area contributed by atoms with Crippen LogP contribution in [0.4, 0.5) is 0 Å². The highest BCUT2D eigenvalue weighted by atomic mass is 28.4. The van der Waals surface area contributed by atoms with Crippen molar-refractivity contribution in [2.45, 2.75) is 78.6 Å². The summed E-state index contributed by atoms with van der Waals surface area (Å²) in [4.78, 5) is 0. The van der Waals surface area contributed by atoms with Gasteiger partial charge in [-0.2, -0.15) is 0 Å². The largest absolute Gasteiger partial charge is 0.381 e. The minimum atomic E-state index is -1.27.